The van der Waals surface area contributed by atoms with E-state index in [2.05, 4.69) is 34.7 Å². The zero-order valence-electron chi connectivity index (χ0n) is 15.5. The van der Waals surface area contributed by atoms with Crippen LogP contribution in [0.15, 0.2) is 36.4 Å². The minimum atomic E-state index is -0.201. The number of amides is 1. The maximum atomic E-state index is 11.9. The molecule has 0 bridgehead atoms. The first-order valence-electron chi connectivity index (χ1n) is 8.71. The topological polar surface area (TPSA) is 85.4 Å². The Morgan fingerprint density at radius 3 is 2.38 bits per heavy atom. The molecular weight excluding hydrogens is 332 g/mol. The molecule has 2 rings (SSSR count). The normalized spacial score (nSPS) is 10.5. The summed E-state index contributed by atoms with van der Waals surface area (Å²) in [5.41, 5.74) is 0.314. The Morgan fingerprint density at radius 1 is 1.04 bits per heavy atom. The lowest BCUT2D eigenvalue weighted by molar-refractivity contribution is 0.0946. The van der Waals surface area contributed by atoms with Gasteiger partial charge in [-0.1, -0.05) is 13.8 Å². The fraction of sp³-hybridized carbons (Fsp3) is 0.421. The quantitative estimate of drug-likeness (QED) is 0.635. The third-order valence-corrected chi connectivity index (χ3v) is 3.64. The van der Waals surface area contributed by atoms with E-state index in [0.29, 0.717) is 37.1 Å². The number of anilines is 1. The van der Waals surface area contributed by atoms with Crippen molar-refractivity contribution in [3.05, 3.63) is 42.1 Å². The Hall–Kier alpha value is -2.83. The first-order chi connectivity index (χ1) is 12.6. The standard InChI is InChI=1S/C19H26N4O3/c1-14(2)10-11-21-19(24)17-8-9-18(23-22-17)20-12-13-26-16-6-4-15(25-3)5-7-16/h4-9,14H,10-13H2,1-3H3,(H,20,23)(H,21,24). The van der Waals surface area contributed by atoms with Crippen LogP contribution in [0.1, 0.15) is 30.8 Å². The third-order valence-electron chi connectivity index (χ3n) is 3.64. The summed E-state index contributed by atoms with van der Waals surface area (Å²) in [6.45, 7) is 5.92. The zero-order valence-corrected chi connectivity index (χ0v) is 15.5. The average Bonchev–Trinajstić information content (AvgIpc) is 2.66. The van der Waals surface area contributed by atoms with Crippen molar-refractivity contribution in [3.8, 4) is 11.5 Å². The van der Waals surface area contributed by atoms with Crippen LogP contribution in [0.3, 0.4) is 0 Å². The largest absolute Gasteiger partial charge is 0.497 e. The van der Waals surface area contributed by atoms with Crippen LogP contribution in [-0.4, -0.2) is 42.9 Å². The fourth-order valence-electron chi connectivity index (χ4n) is 2.13. The average molecular weight is 358 g/mol. The molecular formula is C19H26N4O3. The molecule has 2 aromatic rings. The van der Waals surface area contributed by atoms with Crippen molar-refractivity contribution in [2.24, 2.45) is 5.92 Å². The number of rotatable bonds is 10. The first-order valence-corrected chi connectivity index (χ1v) is 8.71. The van der Waals surface area contributed by atoms with E-state index in [1.165, 1.54) is 0 Å². The van der Waals surface area contributed by atoms with Crippen LogP contribution in [0.5, 0.6) is 11.5 Å². The maximum absolute atomic E-state index is 11.9. The van der Waals surface area contributed by atoms with E-state index < -0.39 is 0 Å². The minimum Gasteiger partial charge on any atom is -0.497 e. The van der Waals surface area contributed by atoms with Crippen LogP contribution in [0.4, 0.5) is 5.82 Å². The first kappa shape index (κ1) is 19.5. The second kappa shape index (κ2) is 10.2. The molecule has 2 N–H and O–H groups in total. The van der Waals surface area contributed by atoms with Crippen LogP contribution in [0.25, 0.3) is 0 Å². The maximum Gasteiger partial charge on any atom is 0.271 e. The van der Waals surface area contributed by atoms with Gasteiger partial charge in [0, 0.05) is 6.54 Å². The van der Waals surface area contributed by atoms with Crippen molar-refractivity contribution in [3.63, 3.8) is 0 Å². The highest BCUT2D eigenvalue weighted by molar-refractivity contribution is 5.92. The molecule has 0 aliphatic carbocycles. The molecule has 1 heterocycles. The van der Waals surface area contributed by atoms with Crippen LogP contribution in [0.2, 0.25) is 0 Å². The van der Waals surface area contributed by atoms with Crippen molar-refractivity contribution in [1.82, 2.24) is 15.5 Å². The van der Waals surface area contributed by atoms with Gasteiger partial charge in [-0.3, -0.25) is 4.79 Å². The SMILES string of the molecule is COc1ccc(OCCNc2ccc(C(=O)NCCC(C)C)nn2)cc1. The van der Waals surface area contributed by atoms with E-state index in [4.69, 9.17) is 9.47 Å². The molecule has 0 saturated carbocycles. The van der Waals surface area contributed by atoms with Crippen molar-refractivity contribution in [1.29, 1.82) is 0 Å². The van der Waals surface area contributed by atoms with Crippen LogP contribution in [-0.2, 0) is 0 Å². The molecule has 1 amide bonds. The number of carbonyl (C=O) groups excluding carboxylic acids is 1. The summed E-state index contributed by atoms with van der Waals surface area (Å²) in [6, 6.07) is 10.8. The predicted molar refractivity (Wildman–Crippen MR) is 101 cm³/mol. The highest BCUT2D eigenvalue weighted by atomic mass is 16.5. The van der Waals surface area contributed by atoms with Crippen LogP contribution >= 0.6 is 0 Å². The predicted octanol–water partition coefficient (Wildman–Crippen LogP) is 2.75. The van der Waals surface area contributed by atoms with Gasteiger partial charge in [0.05, 0.1) is 13.7 Å². The molecule has 140 valence electrons. The molecule has 0 aliphatic heterocycles. The van der Waals surface area contributed by atoms with E-state index in [-0.39, 0.29) is 5.91 Å². The molecule has 7 nitrogen and oxygen atoms in total. The van der Waals surface area contributed by atoms with Gasteiger partial charge in [0.15, 0.2) is 5.69 Å². The minimum absolute atomic E-state index is 0.201. The molecule has 0 atom stereocenters. The van der Waals surface area contributed by atoms with Gasteiger partial charge < -0.3 is 20.1 Å². The number of hydrogen-bond donors (Lipinski definition) is 2. The van der Waals surface area contributed by atoms with Gasteiger partial charge in [0.25, 0.3) is 5.91 Å². The summed E-state index contributed by atoms with van der Waals surface area (Å²) in [4.78, 5) is 11.9. The lowest BCUT2D eigenvalue weighted by Gasteiger charge is -2.09. The number of benzene rings is 1. The number of nitrogens with one attached hydrogen (secondary N) is 2. The number of carbonyl (C=O) groups is 1. The Labute approximate surface area is 154 Å². The Morgan fingerprint density at radius 2 is 1.77 bits per heavy atom. The van der Waals surface area contributed by atoms with E-state index >= 15 is 0 Å². The molecule has 0 aliphatic rings. The lowest BCUT2D eigenvalue weighted by Crippen LogP contribution is -2.26. The monoisotopic (exact) mass is 358 g/mol. The number of methoxy groups -OCH3 is 1. The van der Waals surface area contributed by atoms with Gasteiger partial charge in [0.1, 0.15) is 23.9 Å². The highest BCUT2D eigenvalue weighted by Crippen LogP contribution is 2.16. The molecule has 0 spiro atoms. The van der Waals surface area contributed by atoms with E-state index in [1.807, 2.05) is 24.3 Å². The fourth-order valence-corrected chi connectivity index (χ4v) is 2.13. The number of aromatic nitrogens is 2. The molecule has 0 fully saturated rings. The summed E-state index contributed by atoms with van der Waals surface area (Å²) in [5.74, 6) is 2.51. The van der Waals surface area contributed by atoms with Crippen molar-refractivity contribution in [2.45, 2.75) is 20.3 Å². The Kier molecular flexibility index (Phi) is 7.67. The molecule has 1 aromatic carbocycles. The Bertz CT molecular complexity index is 672. The second-order valence-electron chi connectivity index (χ2n) is 6.19. The van der Waals surface area contributed by atoms with Gasteiger partial charge in [-0.25, -0.2) is 0 Å². The van der Waals surface area contributed by atoms with Gasteiger partial charge >= 0.3 is 0 Å². The summed E-state index contributed by atoms with van der Waals surface area (Å²) >= 11 is 0. The smallest absolute Gasteiger partial charge is 0.271 e. The molecule has 0 unspecified atom stereocenters. The summed E-state index contributed by atoms with van der Waals surface area (Å²) in [5, 5.41) is 13.9. The number of ether oxygens (including phenoxy) is 2. The van der Waals surface area contributed by atoms with Crippen LogP contribution < -0.4 is 20.1 Å². The third kappa shape index (κ3) is 6.58. The van der Waals surface area contributed by atoms with E-state index in [9.17, 15) is 4.79 Å². The molecule has 1 aromatic heterocycles. The van der Waals surface area contributed by atoms with Gasteiger partial charge in [-0.05, 0) is 48.7 Å². The van der Waals surface area contributed by atoms with Gasteiger partial charge in [0.2, 0.25) is 0 Å². The summed E-state index contributed by atoms with van der Waals surface area (Å²) < 4.78 is 10.7. The lowest BCUT2D eigenvalue weighted by atomic mass is 10.1. The summed E-state index contributed by atoms with van der Waals surface area (Å²) in [6.07, 6.45) is 0.938. The zero-order chi connectivity index (χ0) is 18.8. The molecule has 26 heavy (non-hydrogen) atoms. The number of nitrogens with zero attached hydrogens (tertiary/aromatic N) is 2. The summed E-state index contributed by atoms with van der Waals surface area (Å²) in [7, 11) is 1.63. The van der Waals surface area contributed by atoms with Crippen molar-refractivity contribution >= 4 is 11.7 Å². The van der Waals surface area contributed by atoms with E-state index in [0.717, 1.165) is 17.9 Å². The number of hydrogen-bond acceptors (Lipinski definition) is 6. The van der Waals surface area contributed by atoms with Gasteiger partial charge in [-0.2, -0.15) is 0 Å². The highest BCUT2D eigenvalue weighted by Gasteiger charge is 2.07. The van der Waals surface area contributed by atoms with E-state index in [1.54, 1.807) is 19.2 Å². The molecule has 0 radical (unpaired) electrons. The van der Waals surface area contributed by atoms with Crippen LogP contribution in [0, 0.1) is 5.92 Å². The second-order valence-corrected chi connectivity index (χ2v) is 6.19. The molecule has 7 heteroatoms. The molecule has 0 saturated heterocycles. The van der Waals surface area contributed by atoms with Crippen molar-refractivity contribution < 1.29 is 14.3 Å². The van der Waals surface area contributed by atoms with Gasteiger partial charge in [-0.15, -0.1) is 10.2 Å². The Balaban J connectivity index is 1.70. The van der Waals surface area contributed by atoms with Crippen molar-refractivity contribution in [2.75, 3.05) is 32.1 Å².